The van der Waals surface area contributed by atoms with Crippen molar-refractivity contribution in [2.75, 3.05) is 0 Å². The first kappa shape index (κ1) is 7.58. The van der Waals surface area contributed by atoms with Crippen LogP contribution in [0.1, 0.15) is 32.6 Å². The molecule has 1 aliphatic rings. The van der Waals surface area contributed by atoms with Crippen LogP contribution in [0.25, 0.3) is 0 Å². The van der Waals surface area contributed by atoms with Crippen LogP contribution in [0.3, 0.4) is 0 Å². The molecule has 58 valence electrons. The summed E-state index contributed by atoms with van der Waals surface area (Å²) in [4.78, 5) is 10.4. The summed E-state index contributed by atoms with van der Waals surface area (Å²) >= 11 is 0. The quantitative estimate of drug-likeness (QED) is 0.653. The molecule has 0 heterocycles. The Kier molecular flexibility index (Phi) is 2.30. The van der Waals surface area contributed by atoms with E-state index < -0.39 is 5.97 Å². The van der Waals surface area contributed by atoms with Gasteiger partial charge < -0.3 is 5.11 Å². The fourth-order valence-electron chi connectivity index (χ4n) is 1.33. The zero-order valence-corrected chi connectivity index (χ0v) is 6.34. The summed E-state index contributed by atoms with van der Waals surface area (Å²) in [6.45, 7) is 1.79. The molecule has 1 N–H and O–H groups in total. The van der Waals surface area contributed by atoms with Crippen molar-refractivity contribution in [3.05, 3.63) is 0 Å². The van der Waals surface area contributed by atoms with Crippen LogP contribution in [0.4, 0.5) is 0 Å². The largest absolute Gasteiger partial charge is 0.481 e. The monoisotopic (exact) mass is 142 g/mol. The Morgan fingerprint density at radius 2 is 2.30 bits per heavy atom. The van der Waals surface area contributed by atoms with Crippen LogP contribution < -0.4 is 0 Å². The average Bonchev–Trinajstić information content (AvgIpc) is 1.77. The predicted molar refractivity (Wildman–Crippen MR) is 38.8 cm³/mol. The highest BCUT2D eigenvalue weighted by molar-refractivity contribution is 5.69. The summed E-state index contributed by atoms with van der Waals surface area (Å²) in [5.41, 5.74) is 0. The van der Waals surface area contributed by atoms with Gasteiger partial charge in [-0.05, 0) is 12.3 Å². The first-order chi connectivity index (χ1) is 4.70. The summed E-state index contributed by atoms with van der Waals surface area (Å²) in [6, 6.07) is 0. The van der Waals surface area contributed by atoms with Gasteiger partial charge in [-0.1, -0.05) is 26.2 Å². The highest BCUT2D eigenvalue weighted by atomic mass is 16.4. The zero-order valence-electron chi connectivity index (χ0n) is 6.34. The Morgan fingerprint density at radius 1 is 1.70 bits per heavy atom. The molecule has 0 aliphatic heterocycles. The van der Waals surface area contributed by atoms with Crippen LogP contribution in [-0.4, -0.2) is 11.1 Å². The van der Waals surface area contributed by atoms with Gasteiger partial charge in [-0.2, -0.15) is 0 Å². The molecular weight excluding hydrogens is 128 g/mol. The number of carbonyl (C=O) groups is 1. The van der Waals surface area contributed by atoms with E-state index in [9.17, 15) is 4.79 Å². The lowest BCUT2D eigenvalue weighted by Gasteiger charge is -2.26. The summed E-state index contributed by atoms with van der Waals surface area (Å²) in [5, 5.41) is 8.55. The fourth-order valence-corrected chi connectivity index (χ4v) is 1.33. The van der Waals surface area contributed by atoms with Gasteiger partial charge in [0.1, 0.15) is 0 Å². The van der Waals surface area contributed by atoms with Gasteiger partial charge in [0.2, 0.25) is 0 Å². The number of carboxylic acids is 1. The molecule has 1 unspecified atom stereocenters. The molecule has 2 nitrogen and oxygen atoms in total. The normalized spacial score (nSPS) is 21.7. The maximum absolute atomic E-state index is 10.4. The molecular formula is C8H14O2. The Hall–Kier alpha value is -0.530. The van der Waals surface area contributed by atoms with Gasteiger partial charge in [-0.25, -0.2) is 0 Å². The number of hydrogen-bond acceptors (Lipinski definition) is 1. The maximum atomic E-state index is 10.4. The molecule has 1 saturated carbocycles. The molecule has 0 bridgehead atoms. The predicted octanol–water partition coefficient (Wildman–Crippen LogP) is 1.90. The Labute approximate surface area is 61.2 Å². The third-order valence-electron chi connectivity index (χ3n) is 2.33. The second kappa shape index (κ2) is 3.04. The molecule has 1 rings (SSSR count). The molecule has 0 radical (unpaired) electrons. The molecule has 1 aliphatic carbocycles. The molecule has 10 heavy (non-hydrogen) atoms. The summed E-state index contributed by atoms with van der Waals surface area (Å²) in [5.74, 6) is -0.0664. The Morgan fingerprint density at radius 3 is 2.60 bits per heavy atom. The van der Waals surface area contributed by atoms with Crippen molar-refractivity contribution in [2.24, 2.45) is 11.8 Å². The minimum atomic E-state index is -0.646. The van der Waals surface area contributed by atoms with E-state index in [4.69, 9.17) is 5.11 Å². The number of aliphatic carboxylic acids is 1. The van der Waals surface area contributed by atoms with Gasteiger partial charge >= 0.3 is 5.97 Å². The number of hydrogen-bond donors (Lipinski definition) is 1. The second-order valence-electron chi connectivity index (χ2n) is 3.27. The first-order valence-corrected chi connectivity index (χ1v) is 3.93. The molecule has 0 aromatic heterocycles. The molecule has 0 aromatic carbocycles. The van der Waals surface area contributed by atoms with Crippen LogP contribution >= 0.6 is 0 Å². The molecule has 0 amide bonds. The van der Waals surface area contributed by atoms with Crippen LogP contribution in [0.15, 0.2) is 0 Å². The van der Waals surface area contributed by atoms with Crippen LogP contribution in [0.5, 0.6) is 0 Å². The topological polar surface area (TPSA) is 37.3 Å². The van der Waals surface area contributed by atoms with E-state index in [1.807, 2.05) is 0 Å². The standard InChI is InChI=1S/C8H14O2/c1-6(8(9)10)5-7-3-2-4-7/h6-7H,2-5H2,1H3,(H,9,10). The second-order valence-corrected chi connectivity index (χ2v) is 3.27. The van der Waals surface area contributed by atoms with Crippen LogP contribution in [0.2, 0.25) is 0 Å². The van der Waals surface area contributed by atoms with Crippen molar-refractivity contribution in [3.63, 3.8) is 0 Å². The summed E-state index contributed by atoms with van der Waals surface area (Å²) in [7, 11) is 0. The summed E-state index contributed by atoms with van der Waals surface area (Å²) in [6.07, 6.45) is 4.68. The van der Waals surface area contributed by atoms with Crippen LogP contribution in [0, 0.1) is 11.8 Å². The van der Waals surface area contributed by atoms with E-state index in [0.29, 0.717) is 5.92 Å². The lowest BCUT2D eigenvalue weighted by molar-refractivity contribution is -0.141. The van der Waals surface area contributed by atoms with Gasteiger partial charge in [-0.3, -0.25) is 4.79 Å². The average molecular weight is 142 g/mol. The Bertz CT molecular complexity index is 127. The highest BCUT2D eigenvalue weighted by Gasteiger charge is 2.22. The lowest BCUT2D eigenvalue weighted by Crippen LogP contribution is -2.19. The third-order valence-corrected chi connectivity index (χ3v) is 2.33. The molecule has 1 fully saturated rings. The maximum Gasteiger partial charge on any atom is 0.306 e. The summed E-state index contributed by atoms with van der Waals surface area (Å²) < 4.78 is 0. The van der Waals surface area contributed by atoms with E-state index in [2.05, 4.69) is 0 Å². The third kappa shape index (κ3) is 1.72. The van der Waals surface area contributed by atoms with Crippen molar-refractivity contribution in [2.45, 2.75) is 32.6 Å². The van der Waals surface area contributed by atoms with E-state index in [1.165, 1.54) is 19.3 Å². The molecule has 0 aromatic rings. The van der Waals surface area contributed by atoms with Gasteiger partial charge in [0, 0.05) is 0 Å². The van der Waals surface area contributed by atoms with Crippen molar-refractivity contribution in [1.29, 1.82) is 0 Å². The van der Waals surface area contributed by atoms with Crippen molar-refractivity contribution in [1.82, 2.24) is 0 Å². The minimum absolute atomic E-state index is 0.134. The Balaban J connectivity index is 2.16. The van der Waals surface area contributed by atoms with E-state index in [1.54, 1.807) is 6.92 Å². The number of carboxylic acid groups (broad SMARTS) is 1. The highest BCUT2D eigenvalue weighted by Crippen LogP contribution is 2.31. The number of rotatable bonds is 3. The van der Waals surface area contributed by atoms with Crippen molar-refractivity contribution < 1.29 is 9.90 Å². The van der Waals surface area contributed by atoms with Gasteiger partial charge in [0.25, 0.3) is 0 Å². The fraction of sp³-hybridized carbons (Fsp3) is 0.875. The lowest BCUT2D eigenvalue weighted by atomic mass is 9.79. The van der Waals surface area contributed by atoms with Gasteiger partial charge in [0.15, 0.2) is 0 Å². The molecule has 0 saturated heterocycles. The van der Waals surface area contributed by atoms with Gasteiger partial charge in [-0.15, -0.1) is 0 Å². The van der Waals surface area contributed by atoms with Crippen molar-refractivity contribution >= 4 is 5.97 Å². The van der Waals surface area contributed by atoms with E-state index >= 15 is 0 Å². The van der Waals surface area contributed by atoms with E-state index in [0.717, 1.165) is 6.42 Å². The molecule has 1 atom stereocenters. The molecule has 2 heteroatoms. The minimum Gasteiger partial charge on any atom is -0.481 e. The smallest absolute Gasteiger partial charge is 0.306 e. The van der Waals surface area contributed by atoms with Crippen LogP contribution in [-0.2, 0) is 4.79 Å². The first-order valence-electron chi connectivity index (χ1n) is 3.93. The zero-order chi connectivity index (χ0) is 7.56. The van der Waals surface area contributed by atoms with Crippen molar-refractivity contribution in [3.8, 4) is 0 Å². The van der Waals surface area contributed by atoms with E-state index in [-0.39, 0.29) is 5.92 Å². The molecule has 0 spiro atoms. The van der Waals surface area contributed by atoms with Gasteiger partial charge in [0.05, 0.1) is 5.92 Å². The SMILES string of the molecule is CC(CC1CCC1)C(=O)O.